The normalized spacial score (nSPS) is 11.9. The molecule has 21 heavy (non-hydrogen) atoms. The number of hydrogen-bond acceptors (Lipinski definition) is 3. The fourth-order valence-corrected chi connectivity index (χ4v) is 2.63. The van der Waals surface area contributed by atoms with Gasteiger partial charge in [0.2, 0.25) is 5.91 Å². The van der Waals surface area contributed by atoms with Gasteiger partial charge >= 0.3 is 0 Å². The van der Waals surface area contributed by atoms with E-state index in [-0.39, 0.29) is 24.4 Å². The number of halogens is 1. The zero-order valence-corrected chi connectivity index (χ0v) is 14.9. The Hall–Kier alpha value is -0.710. The molecule has 1 atom stereocenters. The Balaban J connectivity index is 0.00000400. The molecule has 0 radical (unpaired) electrons. The molecule has 3 nitrogen and oxygen atoms in total. The van der Waals surface area contributed by atoms with Crippen molar-refractivity contribution in [2.75, 3.05) is 5.32 Å². The quantitative estimate of drug-likeness (QED) is 0.790. The number of amides is 1. The molecule has 0 aliphatic heterocycles. The van der Waals surface area contributed by atoms with Gasteiger partial charge in [-0.05, 0) is 42.7 Å². The maximum Gasteiger partial charge on any atom is 0.224 e. The maximum atomic E-state index is 11.9. The van der Waals surface area contributed by atoms with Crippen LogP contribution in [0.15, 0.2) is 18.2 Å². The summed E-state index contributed by atoms with van der Waals surface area (Å²) in [5, 5.41) is 3.60. The molecule has 0 fully saturated rings. The van der Waals surface area contributed by atoms with Crippen LogP contribution in [0.25, 0.3) is 0 Å². The topological polar surface area (TPSA) is 55.1 Å². The van der Waals surface area contributed by atoms with Crippen molar-refractivity contribution in [3.63, 3.8) is 0 Å². The summed E-state index contributed by atoms with van der Waals surface area (Å²) in [6, 6.07) is 6.16. The van der Waals surface area contributed by atoms with Crippen molar-refractivity contribution in [1.82, 2.24) is 0 Å². The predicted molar refractivity (Wildman–Crippen MR) is 96.4 cm³/mol. The molecule has 0 aliphatic rings. The van der Waals surface area contributed by atoms with Crippen LogP contribution in [0.4, 0.5) is 5.69 Å². The van der Waals surface area contributed by atoms with Gasteiger partial charge in [0, 0.05) is 23.9 Å². The van der Waals surface area contributed by atoms with E-state index in [4.69, 9.17) is 5.73 Å². The molecule has 3 N–H and O–H groups in total. The van der Waals surface area contributed by atoms with Gasteiger partial charge in [0.15, 0.2) is 0 Å². The Morgan fingerprint density at radius 2 is 2.00 bits per heavy atom. The van der Waals surface area contributed by atoms with Crippen LogP contribution in [0, 0.1) is 6.92 Å². The molecule has 1 unspecified atom stereocenters. The third-order valence-corrected chi connectivity index (χ3v) is 4.26. The first kappa shape index (κ1) is 20.3. The summed E-state index contributed by atoms with van der Waals surface area (Å²) < 4.78 is 0. The summed E-state index contributed by atoms with van der Waals surface area (Å²) in [4.78, 5) is 11.9. The Bertz CT molecular complexity index is 450. The van der Waals surface area contributed by atoms with E-state index in [1.807, 2.05) is 30.8 Å². The van der Waals surface area contributed by atoms with Crippen molar-refractivity contribution in [2.45, 2.75) is 57.6 Å². The Morgan fingerprint density at radius 3 is 2.57 bits per heavy atom. The van der Waals surface area contributed by atoms with Gasteiger partial charge in [-0.25, -0.2) is 0 Å². The second kappa shape index (κ2) is 10.1. The summed E-state index contributed by atoms with van der Waals surface area (Å²) in [6.07, 6.45) is 1.19. The fourth-order valence-electron chi connectivity index (χ4n) is 1.80. The Labute approximate surface area is 138 Å². The van der Waals surface area contributed by atoms with Crippen LogP contribution in [0.5, 0.6) is 0 Å². The first-order valence-corrected chi connectivity index (χ1v) is 8.20. The van der Waals surface area contributed by atoms with Crippen molar-refractivity contribution < 1.29 is 4.79 Å². The summed E-state index contributed by atoms with van der Waals surface area (Å²) >= 11 is 1.91. The van der Waals surface area contributed by atoms with Gasteiger partial charge in [0.1, 0.15) is 0 Å². The van der Waals surface area contributed by atoms with Gasteiger partial charge < -0.3 is 11.1 Å². The van der Waals surface area contributed by atoms with Crippen molar-refractivity contribution in [1.29, 1.82) is 0 Å². The van der Waals surface area contributed by atoms with E-state index < -0.39 is 0 Å². The highest BCUT2D eigenvalue weighted by Crippen LogP contribution is 2.25. The molecular formula is C16H27ClN2OS. The molecule has 1 aromatic rings. The summed E-state index contributed by atoms with van der Waals surface area (Å²) in [5.74, 6) is 1.02. The SMILES string of the molecule is Cc1c(CSC(C)C)cccc1NC(=O)CCC(C)N.Cl. The number of carbonyl (C=O) groups is 1. The lowest BCUT2D eigenvalue weighted by Gasteiger charge is -2.13. The molecule has 1 aromatic carbocycles. The maximum absolute atomic E-state index is 11.9. The van der Waals surface area contributed by atoms with Gasteiger partial charge in [-0.2, -0.15) is 11.8 Å². The number of benzene rings is 1. The molecular weight excluding hydrogens is 304 g/mol. The lowest BCUT2D eigenvalue weighted by Crippen LogP contribution is -2.19. The third kappa shape index (κ3) is 7.74. The lowest BCUT2D eigenvalue weighted by molar-refractivity contribution is -0.116. The monoisotopic (exact) mass is 330 g/mol. The average Bonchev–Trinajstić information content (AvgIpc) is 2.37. The molecule has 0 heterocycles. The minimum atomic E-state index is 0. The highest BCUT2D eigenvalue weighted by molar-refractivity contribution is 7.99. The molecule has 0 aromatic heterocycles. The first-order valence-electron chi connectivity index (χ1n) is 7.15. The number of nitrogens with two attached hydrogens (primary N) is 1. The van der Waals surface area contributed by atoms with Crippen LogP contribution in [0.3, 0.4) is 0 Å². The van der Waals surface area contributed by atoms with Gasteiger partial charge in [0.05, 0.1) is 0 Å². The zero-order valence-electron chi connectivity index (χ0n) is 13.3. The highest BCUT2D eigenvalue weighted by atomic mass is 35.5. The van der Waals surface area contributed by atoms with Crippen LogP contribution in [0.2, 0.25) is 0 Å². The van der Waals surface area contributed by atoms with Crippen molar-refractivity contribution in [3.8, 4) is 0 Å². The smallest absolute Gasteiger partial charge is 0.224 e. The van der Waals surface area contributed by atoms with E-state index in [9.17, 15) is 4.79 Å². The minimum absolute atomic E-state index is 0. The van der Waals surface area contributed by atoms with E-state index in [1.54, 1.807) is 0 Å². The van der Waals surface area contributed by atoms with E-state index in [2.05, 4.69) is 32.2 Å². The van der Waals surface area contributed by atoms with Crippen molar-refractivity contribution in [3.05, 3.63) is 29.3 Å². The number of hydrogen-bond donors (Lipinski definition) is 2. The molecule has 0 saturated carbocycles. The second-order valence-corrected chi connectivity index (χ2v) is 7.08. The zero-order chi connectivity index (χ0) is 15.1. The van der Waals surface area contributed by atoms with E-state index >= 15 is 0 Å². The van der Waals surface area contributed by atoms with Crippen LogP contribution in [-0.2, 0) is 10.5 Å². The molecule has 5 heteroatoms. The highest BCUT2D eigenvalue weighted by Gasteiger charge is 2.09. The van der Waals surface area contributed by atoms with Gasteiger partial charge in [-0.3, -0.25) is 4.79 Å². The number of rotatable bonds is 7. The number of anilines is 1. The summed E-state index contributed by atoms with van der Waals surface area (Å²) in [6.45, 7) is 8.37. The number of thioether (sulfide) groups is 1. The third-order valence-electron chi connectivity index (χ3n) is 3.12. The van der Waals surface area contributed by atoms with Crippen LogP contribution >= 0.6 is 24.2 Å². The molecule has 1 amide bonds. The summed E-state index contributed by atoms with van der Waals surface area (Å²) in [7, 11) is 0. The molecule has 1 rings (SSSR count). The number of carbonyl (C=O) groups excluding carboxylic acids is 1. The average molecular weight is 331 g/mol. The Kier molecular flexibility index (Phi) is 9.75. The minimum Gasteiger partial charge on any atom is -0.328 e. The first-order chi connectivity index (χ1) is 9.40. The largest absolute Gasteiger partial charge is 0.328 e. The van der Waals surface area contributed by atoms with Crippen molar-refractivity contribution in [2.24, 2.45) is 5.73 Å². The van der Waals surface area contributed by atoms with Gasteiger partial charge in [-0.15, -0.1) is 12.4 Å². The second-order valence-electron chi connectivity index (χ2n) is 5.51. The van der Waals surface area contributed by atoms with Crippen LogP contribution in [-0.4, -0.2) is 17.2 Å². The molecule has 0 spiro atoms. The summed E-state index contributed by atoms with van der Waals surface area (Å²) in [5.41, 5.74) is 9.04. The van der Waals surface area contributed by atoms with E-state index in [1.165, 1.54) is 5.56 Å². The molecule has 0 saturated heterocycles. The molecule has 0 aliphatic carbocycles. The molecule has 0 bridgehead atoms. The fraction of sp³-hybridized carbons (Fsp3) is 0.562. The van der Waals surface area contributed by atoms with Gasteiger partial charge in [0.25, 0.3) is 0 Å². The lowest BCUT2D eigenvalue weighted by atomic mass is 10.1. The van der Waals surface area contributed by atoms with Crippen LogP contribution in [0.1, 0.15) is 44.7 Å². The van der Waals surface area contributed by atoms with Crippen molar-refractivity contribution >= 4 is 35.8 Å². The molecule has 120 valence electrons. The van der Waals surface area contributed by atoms with Crippen LogP contribution < -0.4 is 11.1 Å². The Morgan fingerprint density at radius 1 is 1.33 bits per heavy atom. The standard InChI is InChI=1S/C16H26N2OS.ClH/c1-11(2)20-10-14-6-5-7-15(13(14)4)18-16(19)9-8-12(3)17;/h5-7,11-12H,8-10,17H2,1-4H3,(H,18,19);1H. The predicted octanol–water partition coefficient (Wildman–Crippen LogP) is 4.12. The van der Waals surface area contributed by atoms with E-state index in [0.717, 1.165) is 17.0 Å². The number of nitrogens with one attached hydrogen (secondary N) is 1. The van der Waals surface area contributed by atoms with Gasteiger partial charge in [-0.1, -0.05) is 26.0 Å². The van der Waals surface area contributed by atoms with E-state index in [0.29, 0.717) is 18.1 Å².